The topological polar surface area (TPSA) is 141 Å². The smallest absolute Gasteiger partial charge is 0.445 e. The van der Waals surface area contributed by atoms with Gasteiger partial charge in [-0.25, -0.2) is 14.4 Å². The van der Waals surface area contributed by atoms with Crippen LogP contribution in [0.25, 0.3) is 0 Å². The Morgan fingerprint density at radius 2 is 1.76 bits per heavy atom. The van der Waals surface area contributed by atoms with Crippen LogP contribution in [0, 0.1) is 0 Å². The van der Waals surface area contributed by atoms with E-state index in [1.165, 1.54) is 42.6 Å². The number of benzene rings is 1. The summed E-state index contributed by atoms with van der Waals surface area (Å²) in [6.07, 6.45) is -3.31. The zero-order chi connectivity index (χ0) is 28.0. The summed E-state index contributed by atoms with van der Waals surface area (Å²) in [6.45, 7) is 4.33. The fraction of sp³-hybridized carbons (Fsp3) is 0.480. The van der Waals surface area contributed by atoms with Gasteiger partial charge in [-0.15, -0.1) is 11.8 Å². The van der Waals surface area contributed by atoms with Crippen LogP contribution in [0.3, 0.4) is 0 Å². The van der Waals surface area contributed by atoms with Gasteiger partial charge in [-0.3, -0.25) is 14.5 Å². The average Bonchev–Trinajstić information content (AvgIpc) is 2.84. The third kappa shape index (κ3) is 7.18. The molecule has 0 bridgehead atoms. The number of carbonyl (C=O) groups excluding carboxylic acids is 5. The van der Waals surface area contributed by atoms with E-state index in [0.717, 1.165) is 5.56 Å². The van der Waals surface area contributed by atoms with Gasteiger partial charge in [0.05, 0.1) is 12.5 Å². The highest BCUT2D eigenvalue weighted by Gasteiger charge is 2.54. The van der Waals surface area contributed by atoms with Crippen LogP contribution < -0.4 is 5.32 Å². The van der Waals surface area contributed by atoms with Crippen molar-refractivity contribution in [2.45, 2.75) is 51.0 Å². The van der Waals surface area contributed by atoms with E-state index >= 15 is 0 Å². The summed E-state index contributed by atoms with van der Waals surface area (Å²) in [5, 5.41) is 2.17. The number of hydrogen-bond acceptors (Lipinski definition) is 10. The van der Waals surface area contributed by atoms with Gasteiger partial charge < -0.3 is 29.2 Å². The quantitative estimate of drug-likeness (QED) is 0.211. The molecule has 3 amide bonds. The van der Waals surface area contributed by atoms with Crippen molar-refractivity contribution in [3.8, 4) is 0 Å². The van der Waals surface area contributed by atoms with Crippen LogP contribution in [0.4, 0.5) is 9.59 Å². The van der Waals surface area contributed by atoms with E-state index in [9.17, 15) is 24.0 Å². The molecule has 206 valence electrons. The van der Waals surface area contributed by atoms with Crippen LogP contribution in [0.2, 0.25) is 0 Å². The summed E-state index contributed by atoms with van der Waals surface area (Å²) >= 11 is 1.31. The fourth-order valence-corrected chi connectivity index (χ4v) is 4.98. The Morgan fingerprint density at radius 3 is 2.39 bits per heavy atom. The molecular weight excluding hydrogens is 518 g/mol. The summed E-state index contributed by atoms with van der Waals surface area (Å²) in [6, 6.07) is 8.24. The highest BCUT2D eigenvalue weighted by atomic mass is 32.2. The predicted octanol–water partition coefficient (Wildman–Crippen LogP) is 2.03. The number of fused-ring (bicyclic) bond motifs is 1. The standard InChI is InChI=1S/C25H31N3O9S/c1-14(2)35-25(33)37-15(3)36-23(31)20-17(12-34-24(32)27(4)5)13-38-22-19(21(30)28(20)22)26-18(29)11-16-9-7-6-8-10-16/h6-10,14-15,19,22H,11-13H2,1-5H3,(H,26,29). The molecule has 0 saturated carbocycles. The lowest BCUT2D eigenvalue weighted by Gasteiger charge is -2.49. The van der Waals surface area contributed by atoms with Gasteiger partial charge in [-0.05, 0) is 19.4 Å². The summed E-state index contributed by atoms with van der Waals surface area (Å²) < 4.78 is 20.3. The van der Waals surface area contributed by atoms with Crippen molar-refractivity contribution < 1.29 is 42.9 Å². The number of ether oxygens (including phenoxy) is 4. The highest BCUT2D eigenvalue weighted by Crippen LogP contribution is 2.41. The number of β-lactam (4-membered cyclic amide) rings is 1. The summed E-state index contributed by atoms with van der Waals surface area (Å²) in [4.78, 5) is 65.0. The zero-order valence-corrected chi connectivity index (χ0v) is 22.6. The van der Waals surface area contributed by atoms with Gasteiger partial charge >= 0.3 is 18.2 Å². The molecule has 0 radical (unpaired) electrons. The van der Waals surface area contributed by atoms with Crippen LogP contribution in [-0.2, 0) is 39.8 Å². The third-order valence-electron chi connectivity index (χ3n) is 5.37. The number of carbonyl (C=O) groups is 5. The van der Waals surface area contributed by atoms with Crippen LogP contribution in [0.5, 0.6) is 0 Å². The summed E-state index contributed by atoms with van der Waals surface area (Å²) in [5.74, 6) is -1.56. The van der Waals surface area contributed by atoms with Crippen molar-refractivity contribution in [3.63, 3.8) is 0 Å². The molecule has 1 fully saturated rings. The van der Waals surface area contributed by atoms with E-state index in [4.69, 9.17) is 18.9 Å². The van der Waals surface area contributed by atoms with Gasteiger partial charge in [0, 0.05) is 32.3 Å². The first-order chi connectivity index (χ1) is 18.0. The molecule has 2 aliphatic rings. The van der Waals surface area contributed by atoms with Crippen LogP contribution in [0.1, 0.15) is 26.3 Å². The normalized spacial score (nSPS) is 19.1. The number of nitrogens with zero attached hydrogens (tertiary/aromatic N) is 2. The minimum absolute atomic E-state index is 0.0970. The lowest BCUT2D eigenvalue weighted by atomic mass is 10.0. The molecule has 13 heteroatoms. The molecule has 2 aliphatic heterocycles. The Morgan fingerprint density at radius 1 is 1.08 bits per heavy atom. The molecule has 0 aromatic heterocycles. The number of nitrogens with one attached hydrogen (secondary N) is 1. The summed E-state index contributed by atoms with van der Waals surface area (Å²) in [5.41, 5.74) is 1.02. The monoisotopic (exact) mass is 549 g/mol. The van der Waals surface area contributed by atoms with E-state index in [2.05, 4.69) is 5.32 Å². The van der Waals surface area contributed by atoms with Gasteiger partial charge in [0.15, 0.2) is 0 Å². The van der Waals surface area contributed by atoms with Gasteiger partial charge in [0.1, 0.15) is 23.7 Å². The maximum atomic E-state index is 13.2. The first-order valence-electron chi connectivity index (χ1n) is 11.9. The zero-order valence-electron chi connectivity index (χ0n) is 21.8. The fourth-order valence-electron chi connectivity index (χ4n) is 3.65. The molecule has 2 heterocycles. The second kappa shape index (κ2) is 12.7. The van der Waals surface area contributed by atoms with Crippen molar-refractivity contribution in [2.75, 3.05) is 26.5 Å². The first kappa shape index (κ1) is 28.8. The van der Waals surface area contributed by atoms with E-state index in [-0.39, 0.29) is 30.4 Å². The number of hydrogen-bond donors (Lipinski definition) is 1. The molecule has 3 unspecified atom stereocenters. The molecule has 1 saturated heterocycles. The van der Waals surface area contributed by atoms with Crippen LogP contribution >= 0.6 is 11.8 Å². The van der Waals surface area contributed by atoms with Gasteiger partial charge in [0.2, 0.25) is 12.2 Å². The molecule has 3 rings (SSSR count). The molecular formula is C25H31N3O9S. The van der Waals surface area contributed by atoms with Crippen molar-refractivity contribution in [2.24, 2.45) is 0 Å². The van der Waals surface area contributed by atoms with E-state index < -0.39 is 47.9 Å². The minimum Gasteiger partial charge on any atom is -0.445 e. The summed E-state index contributed by atoms with van der Waals surface area (Å²) in [7, 11) is 3.02. The second-order valence-electron chi connectivity index (χ2n) is 9.03. The number of esters is 1. The lowest BCUT2D eigenvalue weighted by molar-refractivity contribution is -0.169. The molecule has 1 N–H and O–H groups in total. The van der Waals surface area contributed by atoms with E-state index in [0.29, 0.717) is 5.57 Å². The van der Waals surface area contributed by atoms with E-state index in [1.807, 2.05) is 30.3 Å². The molecule has 12 nitrogen and oxygen atoms in total. The number of rotatable bonds is 9. The Hall–Kier alpha value is -3.74. The van der Waals surface area contributed by atoms with Crippen molar-refractivity contribution in [3.05, 3.63) is 47.2 Å². The molecule has 0 spiro atoms. The Balaban J connectivity index is 1.74. The maximum absolute atomic E-state index is 13.2. The third-order valence-corrected chi connectivity index (χ3v) is 6.71. The van der Waals surface area contributed by atoms with E-state index in [1.54, 1.807) is 13.8 Å². The average molecular weight is 550 g/mol. The van der Waals surface area contributed by atoms with Gasteiger partial charge in [-0.2, -0.15) is 0 Å². The molecule has 3 atom stereocenters. The number of amides is 3. The SMILES string of the molecule is CC(C)OC(=O)OC(C)OC(=O)C1=C(COC(=O)N(C)C)CSC2C(NC(=O)Cc3ccccc3)C(=O)N12. The molecule has 1 aromatic rings. The maximum Gasteiger partial charge on any atom is 0.511 e. The second-order valence-corrected chi connectivity index (χ2v) is 10.1. The van der Waals surface area contributed by atoms with Crippen LogP contribution in [0.15, 0.2) is 41.6 Å². The lowest BCUT2D eigenvalue weighted by Crippen LogP contribution is -2.70. The van der Waals surface area contributed by atoms with Crippen LogP contribution in [-0.4, -0.2) is 90.1 Å². The van der Waals surface area contributed by atoms with Gasteiger partial charge in [-0.1, -0.05) is 30.3 Å². The predicted molar refractivity (Wildman–Crippen MR) is 135 cm³/mol. The Labute approximate surface area is 224 Å². The van der Waals surface area contributed by atoms with Crippen molar-refractivity contribution in [1.29, 1.82) is 0 Å². The van der Waals surface area contributed by atoms with Gasteiger partial charge in [0.25, 0.3) is 5.91 Å². The van der Waals surface area contributed by atoms with Crippen molar-refractivity contribution >= 4 is 41.8 Å². The Bertz CT molecular complexity index is 1110. The minimum atomic E-state index is -1.32. The van der Waals surface area contributed by atoms with Crippen molar-refractivity contribution in [1.82, 2.24) is 15.1 Å². The number of thioether (sulfide) groups is 1. The molecule has 1 aromatic carbocycles. The largest absolute Gasteiger partial charge is 0.511 e. The molecule has 38 heavy (non-hydrogen) atoms. The molecule has 0 aliphatic carbocycles. The Kier molecular flexibility index (Phi) is 9.61. The highest BCUT2D eigenvalue weighted by molar-refractivity contribution is 8.00. The first-order valence-corrected chi connectivity index (χ1v) is 12.9.